The minimum Gasteiger partial charge on any atom is -0.358 e. The number of hydrogen-bond acceptors (Lipinski definition) is 3. The number of nitrogens with one attached hydrogen (secondary N) is 1. The van der Waals surface area contributed by atoms with E-state index < -0.39 is 0 Å². The summed E-state index contributed by atoms with van der Waals surface area (Å²) in [6.45, 7) is 0.536. The molecule has 78 valence electrons. The Labute approximate surface area is 91.6 Å². The van der Waals surface area contributed by atoms with Crippen LogP contribution in [0.25, 0.3) is 0 Å². The number of hydrogen-bond donors (Lipinski definition) is 1. The van der Waals surface area contributed by atoms with Gasteiger partial charge in [-0.2, -0.15) is 0 Å². The lowest BCUT2D eigenvalue weighted by Gasteiger charge is -1.98. The Morgan fingerprint density at radius 2 is 2.27 bits per heavy atom. The van der Waals surface area contributed by atoms with E-state index in [1.807, 2.05) is 24.3 Å². The number of rotatable bonds is 4. The van der Waals surface area contributed by atoms with Crippen LogP contribution in [0.5, 0.6) is 0 Å². The van der Waals surface area contributed by atoms with Gasteiger partial charge in [-0.3, -0.25) is 4.79 Å². The van der Waals surface area contributed by atoms with Crippen LogP contribution >= 0.6 is 11.8 Å². The van der Waals surface area contributed by atoms with E-state index in [2.05, 4.69) is 5.32 Å². The van der Waals surface area contributed by atoms with Crippen LogP contribution in [-0.4, -0.2) is 23.1 Å². The van der Waals surface area contributed by atoms with Gasteiger partial charge in [-0.1, -0.05) is 12.1 Å². The number of carbonyl (C=O) groups excluding carboxylic acids is 1. The second kappa shape index (κ2) is 4.44. The summed E-state index contributed by atoms with van der Waals surface area (Å²) in [6.07, 6.45) is 1.31. The molecule has 1 N–H and O–H groups in total. The van der Waals surface area contributed by atoms with Gasteiger partial charge >= 0.3 is 0 Å². The van der Waals surface area contributed by atoms with E-state index in [0.29, 0.717) is 19.4 Å². The topological polar surface area (TPSA) is 49.2 Å². The molecule has 1 aromatic carbocycles. The van der Waals surface area contributed by atoms with Crippen LogP contribution in [0.15, 0.2) is 29.2 Å². The summed E-state index contributed by atoms with van der Waals surface area (Å²) >= 11 is 1.55. The monoisotopic (exact) mass is 223 g/mol. The fourth-order valence-electron chi connectivity index (χ4n) is 1.53. The summed E-state index contributed by atoms with van der Waals surface area (Å²) in [5.41, 5.74) is 0.735. The largest absolute Gasteiger partial charge is 0.358 e. The summed E-state index contributed by atoms with van der Waals surface area (Å²) in [6, 6.07) is 7.54. The molecule has 1 amide bonds. The van der Waals surface area contributed by atoms with Crippen LogP contribution in [0.4, 0.5) is 5.69 Å². The molecule has 4 nitrogen and oxygen atoms in total. The first kappa shape index (κ1) is 10.2. The smallest absolute Gasteiger partial charge is 0.271 e. The highest BCUT2D eigenvalue weighted by molar-refractivity contribution is 8.00. The molecule has 0 aromatic heterocycles. The highest BCUT2D eigenvalue weighted by Crippen LogP contribution is 2.42. The molecule has 2 rings (SSSR count). The molecule has 1 aliphatic heterocycles. The number of nitroso groups, excluding NO2 is 1. The van der Waals surface area contributed by atoms with Crippen LogP contribution in [0.1, 0.15) is 6.42 Å². The van der Waals surface area contributed by atoms with Gasteiger partial charge in [-0.05, 0) is 17.8 Å². The summed E-state index contributed by atoms with van der Waals surface area (Å²) in [4.78, 5) is 22.9. The fourth-order valence-corrected chi connectivity index (χ4v) is 2.70. The molecule has 5 heteroatoms. The molecule has 0 bridgehead atoms. The lowest BCUT2D eigenvalue weighted by atomic mass is 10.3. The molecule has 1 atom stereocenters. The van der Waals surface area contributed by atoms with Crippen LogP contribution in [0.3, 0.4) is 0 Å². The van der Waals surface area contributed by atoms with Crippen molar-refractivity contribution in [3.05, 3.63) is 29.2 Å². The van der Waals surface area contributed by atoms with Crippen molar-refractivity contribution in [1.82, 2.24) is 5.32 Å². The molecule has 0 fully saturated rings. The summed E-state index contributed by atoms with van der Waals surface area (Å²) in [5, 5.41) is 2.45. The van der Waals surface area contributed by atoms with Crippen molar-refractivity contribution >= 4 is 23.9 Å². The zero-order valence-electron chi connectivity index (χ0n) is 8.05. The third kappa shape index (κ3) is 2.02. The van der Waals surface area contributed by atoms with Crippen molar-refractivity contribution in [1.29, 1.82) is 0 Å². The van der Waals surface area contributed by atoms with Crippen LogP contribution in [-0.2, 0) is 4.79 Å². The minimum absolute atomic E-state index is 0.116. The van der Waals surface area contributed by atoms with E-state index in [4.69, 9.17) is 0 Å². The molecular formula is C10H11N2O2S+. The number of fused-ring (bicyclic) bond motifs is 1. The van der Waals surface area contributed by atoms with Gasteiger partial charge in [0.1, 0.15) is 0 Å². The van der Waals surface area contributed by atoms with Crippen molar-refractivity contribution in [2.24, 2.45) is 0 Å². The first-order valence-corrected chi connectivity index (χ1v) is 5.60. The Morgan fingerprint density at radius 1 is 1.47 bits per heavy atom. The average molecular weight is 223 g/mol. The molecule has 1 aliphatic rings. The first-order chi connectivity index (χ1) is 7.33. The van der Waals surface area contributed by atoms with Gasteiger partial charge in [-0.15, -0.1) is 0 Å². The Morgan fingerprint density at radius 3 is 3.00 bits per heavy atom. The van der Waals surface area contributed by atoms with Gasteiger partial charge in [0.25, 0.3) is 11.1 Å². The molecular weight excluding hydrogens is 212 g/mol. The molecule has 15 heavy (non-hydrogen) atoms. The maximum atomic E-state index is 11.8. The number of para-hydroxylation sites is 1. The molecule has 0 saturated heterocycles. The number of thioether (sulfide) groups is 1. The normalized spacial score (nSPS) is 18.7. The summed E-state index contributed by atoms with van der Waals surface area (Å²) < 4.78 is 1.02. The van der Waals surface area contributed by atoms with Crippen molar-refractivity contribution < 1.29 is 9.55 Å². The van der Waals surface area contributed by atoms with Crippen molar-refractivity contribution in [2.45, 2.75) is 16.7 Å². The summed E-state index contributed by atoms with van der Waals surface area (Å²) in [5.74, 6) is 0. The molecule has 1 unspecified atom stereocenters. The summed E-state index contributed by atoms with van der Waals surface area (Å²) in [7, 11) is 0. The predicted molar refractivity (Wildman–Crippen MR) is 58.1 cm³/mol. The van der Waals surface area contributed by atoms with Gasteiger partial charge in [0.15, 0.2) is 0 Å². The molecule has 1 heterocycles. The molecule has 1 aromatic rings. The standard InChI is InChI=1S/C10H10N2O2S/c13-7-11-6-5-10-12(14)8-3-1-2-4-9(8)15-10/h1-4,7,10H,5-6H2/p+1. The lowest BCUT2D eigenvalue weighted by Crippen LogP contribution is -2.20. The number of carbonyl (C=O) groups is 1. The van der Waals surface area contributed by atoms with Crippen molar-refractivity contribution in [2.75, 3.05) is 6.54 Å². The Hall–Kier alpha value is -1.36. The zero-order valence-corrected chi connectivity index (χ0v) is 8.87. The third-order valence-corrected chi connectivity index (χ3v) is 3.54. The van der Waals surface area contributed by atoms with Gasteiger partial charge in [0, 0.05) is 23.9 Å². The maximum absolute atomic E-state index is 11.8. The second-order valence-corrected chi connectivity index (χ2v) is 4.45. The Kier molecular flexibility index (Phi) is 3.01. The van der Waals surface area contributed by atoms with E-state index in [9.17, 15) is 9.70 Å². The molecule has 0 aliphatic carbocycles. The van der Waals surface area contributed by atoms with Crippen LogP contribution in [0, 0.1) is 4.91 Å². The van der Waals surface area contributed by atoms with Gasteiger partial charge in [0.05, 0.1) is 9.66 Å². The number of nitrogens with zero attached hydrogens (tertiary/aromatic N) is 1. The second-order valence-electron chi connectivity index (χ2n) is 3.23. The Bertz CT molecular complexity index is 395. The molecule has 0 spiro atoms. The molecule has 0 saturated carbocycles. The highest BCUT2D eigenvalue weighted by Gasteiger charge is 2.38. The zero-order chi connectivity index (χ0) is 10.7. The van der Waals surface area contributed by atoms with E-state index in [0.717, 1.165) is 15.3 Å². The van der Waals surface area contributed by atoms with Crippen molar-refractivity contribution in [3.8, 4) is 0 Å². The quantitative estimate of drug-likeness (QED) is 0.480. The average Bonchev–Trinajstić information content (AvgIpc) is 2.57. The van der Waals surface area contributed by atoms with E-state index in [1.165, 1.54) is 0 Å². The van der Waals surface area contributed by atoms with E-state index >= 15 is 0 Å². The Balaban J connectivity index is 2.03. The lowest BCUT2D eigenvalue weighted by molar-refractivity contribution is -0.476. The number of benzene rings is 1. The SMILES string of the molecule is O=CNCCC1Sc2ccccc2[N+]1=O. The number of amides is 1. The van der Waals surface area contributed by atoms with Crippen LogP contribution in [0.2, 0.25) is 0 Å². The first-order valence-electron chi connectivity index (χ1n) is 4.72. The maximum Gasteiger partial charge on any atom is 0.271 e. The molecule has 0 radical (unpaired) electrons. The van der Waals surface area contributed by atoms with Crippen LogP contribution < -0.4 is 5.32 Å². The van der Waals surface area contributed by atoms with E-state index in [1.54, 1.807) is 11.8 Å². The third-order valence-electron chi connectivity index (χ3n) is 2.25. The van der Waals surface area contributed by atoms with Gasteiger partial charge in [0.2, 0.25) is 6.41 Å². The van der Waals surface area contributed by atoms with Gasteiger partial charge in [-0.25, -0.2) is 0 Å². The van der Waals surface area contributed by atoms with E-state index in [-0.39, 0.29) is 5.37 Å². The van der Waals surface area contributed by atoms with Crippen molar-refractivity contribution in [3.63, 3.8) is 0 Å². The fraction of sp³-hybridized carbons (Fsp3) is 0.300. The van der Waals surface area contributed by atoms with Gasteiger partial charge < -0.3 is 5.32 Å². The highest BCUT2D eigenvalue weighted by atomic mass is 32.2. The predicted octanol–water partition coefficient (Wildman–Crippen LogP) is 1.66. The minimum atomic E-state index is -0.116.